The SMILES string of the molecule is CC(C)N.N#C[S][Pd]([NH2])[S]C#N. The van der Waals surface area contributed by atoms with Crippen molar-refractivity contribution >= 4 is 19.2 Å². The van der Waals surface area contributed by atoms with Crippen molar-refractivity contribution in [3.8, 4) is 10.8 Å². The van der Waals surface area contributed by atoms with E-state index in [2.05, 4.69) is 0 Å². The van der Waals surface area contributed by atoms with Crippen molar-refractivity contribution in [2.75, 3.05) is 0 Å². The molecule has 0 amide bonds. The van der Waals surface area contributed by atoms with Crippen LogP contribution in [0, 0.1) is 21.3 Å². The van der Waals surface area contributed by atoms with E-state index >= 15 is 0 Å². The average molecular weight is 298 g/mol. The van der Waals surface area contributed by atoms with Crippen LogP contribution in [-0.2, 0) is 14.5 Å². The average Bonchev–Trinajstić information content (AvgIpc) is 1.87. The first-order chi connectivity index (χ1) is 5.54. The fourth-order valence-electron chi connectivity index (χ4n) is 0.0701. The Balaban J connectivity index is 0. The third-order valence-corrected chi connectivity index (χ3v) is 5.15. The summed E-state index contributed by atoms with van der Waals surface area (Å²) in [5.41, 5.74) is 5.11. The first kappa shape index (κ1) is 14.8. The van der Waals surface area contributed by atoms with Gasteiger partial charge in [-0.15, -0.1) is 0 Å². The van der Waals surface area contributed by atoms with Gasteiger partial charge in [-0.25, -0.2) is 0 Å². The van der Waals surface area contributed by atoms with E-state index in [1.165, 1.54) is 0 Å². The number of hydrogen-bond donors (Lipinski definition) is 2. The normalized spacial score (nSPS) is 9.08. The number of nitrogens with zero attached hydrogens (tertiary/aromatic N) is 2. The molecule has 4 N–H and O–H groups in total. The summed E-state index contributed by atoms with van der Waals surface area (Å²) in [6, 6.07) is 0.333. The Labute approximate surface area is 84.8 Å². The van der Waals surface area contributed by atoms with E-state index in [9.17, 15) is 0 Å². The van der Waals surface area contributed by atoms with E-state index in [-0.39, 0.29) is 0 Å². The molecule has 0 spiro atoms. The molecule has 12 heavy (non-hydrogen) atoms. The van der Waals surface area contributed by atoms with E-state index in [0.717, 1.165) is 19.2 Å². The van der Waals surface area contributed by atoms with E-state index < -0.39 is 14.5 Å². The molecule has 0 fully saturated rings. The van der Waals surface area contributed by atoms with Crippen LogP contribution in [0.5, 0.6) is 0 Å². The molecule has 0 aromatic carbocycles. The third-order valence-electron chi connectivity index (χ3n) is 0.185. The fourth-order valence-corrected chi connectivity index (χ4v) is 2.55. The van der Waals surface area contributed by atoms with Gasteiger partial charge in [-0.2, -0.15) is 0 Å². The van der Waals surface area contributed by atoms with Crippen molar-refractivity contribution in [3.05, 3.63) is 0 Å². The standard InChI is InChI=1S/C3H9N.2CHNS.H2N.Pd/c1-3(2)4;2*2-1-3;;/h3H,4H2,1-2H3;2*3H;1H2;/q;;;-1;+3/p-2. The Morgan fingerprint density at radius 3 is 1.67 bits per heavy atom. The molecule has 0 atom stereocenters. The van der Waals surface area contributed by atoms with Gasteiger partial charge in [-0.05, 0) is 6.04 Å². The Morgan fingerprint density at radius 1 is 1.25 bits per heavy atom. The first-order valence-electron chi connectivity index (χ1n) is 2.78. The summed E-state index contributed by atoms with van der Waals surface area (Å²) < 4.78 is 5.29. The molecule has 0 radical (unpaired) electrons. The molecule has 0 aromatic rings. The van der Waals surface area contributed by atoms with Gasteiger partial charge in [0.2, 0.25) is 0 Å². The molecule has 0 saturated carbocycles. The van der Waals surface area contributed by atoms with Gasteiger partial charge < -0.3 is 5.73 Å². The second-order valence-electron chi connectivity index (χ2n) is 1.76. The maximum absolute atomic E-state index is 8.00. The molecule has 0 unspecified atom stereocenters. The van der Waals surface area contributed by atoms with Crippen molar-refractivity contribution < 1.29 is 14.5 Å². The second kappa shape index (κ2) is 11.3. The topological polar surface area (TPSA) is 99.6 Å². The molecule has 0 saturated heterocycles. The van der Waals surface area contributed by atoms with Crippen LogP contribution < -0.4 is 10.1 Å². The maximum atomic E-state index is 8.00. The predicted octanol–water partition coefficient (Wildman–Crippen LogP) is 1.09. The molecule has 4 nitrogen and oxygen atoms in total. The molecular formula is C5H11N4PdS2. The summed E-state index contributed by atoms with van der Waals surface area (Å²) in [6.45, 7) is 3.89. The summed E-state index contributed by atoms with van der Waals surface area (Å²) in [5.74, 6) is 0. The number of rotatable bonds is 2. The predicted molar refractivity (Wildman–Crippen MR) is 49.9 cm³/mol. The molecule has 0 aliphatic rings. The van der Waals surface area contributed by atoms with Crippen LogP contribution in [0.25, 0.3) is 0 Å². The minimum atomic E-state index is -1.40. The van der Waals surface area contributed by atoms with E-state index in [1.54, 1.807) is 0 Å². The molecular weight excluding hydrogens is 287 g/mol. The minimum absolute atomic E-state index is 0.333. The van der Waals surface area contributed by atoms with Gasteiger partial charge >= 0.3 is 59.4 Å². The zero-order valence-corrected chi connectivity index (χ0v) is 9.95. The van der Waals surface area contributed by atoms with Crippen molar-refractivity contribution in [1.29, 1.82) is 10.5 Å². The van der Waals surface area contributed by atoms with Crippen LogP contribution in [0.3, 0.4) is 0 Å². The van der Waals surface area contributed by atoms with Crippen LogP contribution >= 0.6 is 19.2 Å². The Morgan fingerprint density at radius 2 is 1.50 bits per heavy atom. The summed E-state index contributed by atoms with van der Waals surface area (Å²) in [6.07, 6.45) is 0. The van der Waals surface area contributed by atoms with Crippen molar-refractivity contribution in [3.63, 3.8) is 0 Å². The number of thiocyanates is 2. The zero-order chi connectivity index (χ0) is 9.98. The van der Waals surface area contributed by atoms with Crippen molar-refractivity contribution in [1.82, 2.24) is 0 Å². The van der Waals surface area contributed by atoms with Gasteiger partial charge in [0.25, 0.3) is 0 Å². The van der Waals surface area contributed by atoms with Gasteiger partial charge in [-0.1, -0.05) is 13.8 Å². The third kappa shape index (κ3) is 22.4. The monoisotopic (exact) mass is 297 g/mol. The zero-order valence-electron chi connectivity index (χ0n) is 6.76. The molecule has 0 aliphatic carbocycles. The first-order valence-corrected chi connectivity index (χ1v) is 8.82. The van der Waals surface area contributed by atoms with Crippen LogP contribution in [0.15, 0.2) is 0 Å². The number of nitriles is 2. The quantitative estimate of drug-likeness (QED) is 0.584. The Hall–Kier alpha value is 0.262. The number of nitrogens with two attached hydrogens (primary N) is 2. The van der Waals surface area contributed by atoms with Gasteiger partial charge in [0.15, 0.2) is 0 Å². The Kier molecular flexibility index (Phi) is 13.9. The molecule has 7 heteroatoms. The molecule has 0 rings (SSSR count). The second-order valence-corrected chi connectivity index (χ2v) is 9.54. The van der Waals surface area contributed by atoms with E-state index in [1.807, 2.05) is 24.6 Å². The summed E-state index contributed by atoms with van der Waals surface area (Å²) in [5, 5.41) is 19.7. The van der Waals surface area contributed by atoms with Gasteiger partial charge in [-0.3, -0.25) is 0 Å². The van der Waals surface area contributed by atoms with Crippen LogP contribution in [0.4, 0.5) is 0 Å². The van der Waals surface area contributed by atoms with Crippen LogP contribution in [0.1, 0.15) is 13.8 Å². The Bertz CT molecular complexity index is 155. The van der Waals surface area contributed by atoms with Gasteiger partial charge in [0.05, 0.1) is 0 Å². The molecule has 73 valence electrons. The number of hydrogen-bond acceptors (Lipinski definition) is 6. The van der Waals surface area contributed by atoms with Crippen molar-refractivity contribution in [2.45, 2.75) is 19.9 Å². The molecule has 0 aliphatic heterocycles. The summed E-state index contributed by atoms with van der Waals surface area (Å²) in [7, 11) is 1.99. The van der Waals surface area contributed by atoms with Crippen molar-refractivity contribution in [2.24, 2.45) is 10.1 Å². The fraction of sp³-hybridized carbons (Fsp3) is 0.600. The van der Waals surface area contributed by atoms with Gasteiger partial charge in [0, 0.05) is 0 Å². The molecule has 0 heterocycles. The van der Waals surface area contributed by atoms with E-state index in [4.69, 9.17) is 20.6 Å². The van der Waals surface area contributed by atoms with Gasteiger partial charge in [0.1, 0.15) is 0 Å². The molecule has 0 bridgehead atoms. The summed E-state index contributed by atoms with van der Waals surface area (Å²) >= 11 is -1.40. The molecule has 0 aromatic heterocycles. The van der Waals surface area contributed by atoms with Crippen LogP contribution in [-0.4, -0.2) is 6.04 Å². The van der Waals surface area contributed by atoms with E-state index in [0.29, 0.717) is 6.04 Å². The summed E-state index contributed by atoms with van der Waals surface area (Å²) in [4.78, 5) is 0. The van der Waals surface area contributed by atoms with Crippen LogP contribution in [0.2, 0.25) is 0 Å².